The third-order valence-corrected chi connectivity index (χ3v) is 1.52. The van der Waals surface area contributed by atoms with Crippen molar-refractivity contribution in [1.82, 2.24) is 15.0 Å². The summed E-state index contributed by atoms with van der Waals surface area (Å²) in [5.74, 6) is 0. The van der Waals surface area contributed by atoms with Crippen LogP contribution >= 0.6 is 0 Å². The van der Waals surface area contributed by atoms with Gasteiger partial charge in [-0.2, -0.15) is 8.42 Å². The molecule has 1 heterocycles. The Bertz CT molecular complexity index is 329. The van der Waals surface area contributed by atoms with Gasteiger partial charge in [-0.15, -0.1) is 5.10 Å². The summed E-state index contributed by atoms with van der Waals surface area (Å²) in [5, 5.41) is 5.61. The standard InChI is InChI=1S/C3H4FN3O2S/c1-7-2-3(5-6-7)10(4,8)9/h2H,1H3. The third kappa shape index (κ3) is 1.29. The zero-order valence-electron chi connectivity index (χ0n) is 5.02. The first-order valence-electron chi connectivity index (χ1n) is 2.31. The van der Waals surface area contributed by atoms with E-state index >= 15 is 0 Å². The van der Waals surface area contributed by atoms with Gasteiger partial charge in [0.25, 0.3) is 0 Å². The summed E-state index contributed by atoms with van der Waals surface area (Å²) in [6.45, 7) is 0. The quantitative estimate of drug-likeness (QED) is 0.525. The summed E-state index contributed by atoms with van der Waals surface area (Å²) in [6, 6.07) is 0. The highest BCUT2D eigenvalue weighted by Gasteiger charge is 2.15. The summed E-state index contributed by atoms with van der Waals surface area (Å²) in [6.07, 6.45) is 0.981. The Labute approximate surface area is 56.7 Å². The first-order chi connectivity index (χ1) is 4.50. The molecule has 1 aromatic rings. The molecule has 1 aromatic heterocycles. The summed E-state index contributed by atoms with van der Waals surface area (Å²) in [7, 11) is -3.23. The van der Waals surface area contributed by atoms with Crippen molar-refractivity contribution in [2.75, 3.05) is 0 Å². The summed E-state index contributed by atoms with van der Waals surface area (Å²) in [5.41, 5.74) is 0. The van der Waals surface area contributed by atoms with Crippen LogP contribution < -0.4 is 0 Å². The average molecular weight is 165 g/mol. The lowest BCUT2D eigenvalue weighted by atomic mass is 10.9. The number of aryl methyl sites for hydroxylation is 1. The zero-order valence-corrected chi connectivity index (χ0v) is 5.84. The Kier molecular flexibility index (Phi) is 1.43. The second kappa shape index (κ2) is 2.01. The highest BCUT2D eigenvalue weighted by molar-refractivity contribution is 7.86. The Morgan fingerprint density at radius 1 is 1.70 bits per heavy atom. The minimum atomic E-state index is -4.68. The molecule has 7 heteroatoms. The molecule has 1 rings (SSSR count). The molecule has 0 atom stereocenters. The van der Waals surface area contributed by atoms with E-state index in [0.29, 0.717) is 0 Å². The fourth-order valence-electron chi connectivity index (χ4n) is 0.438. The lowest BCUT2D eigenvalue weighted by Gasteiger charge is -1.80. The second-order valence-corrected chi connectivity index (χ2v) is 2.96. The maximum atomic E-state index is 12.0. The summed E-state index contributed by atoms with van der Waals surface area (Å²) >= 11 is 0. The van der Waals surface area contributed by atoms with Crippen molar-refractivity contribution >= 4 is 10.2 Å². The van der Waals surface area contributed by atoms with Gasteiger partial charge < -0.3 is 0 Å². The van der Waals surface area contributed by atoms with Crippen LogP contribution in [0.25, 0.3) is 0 Å². The van der Waals surface area contributed by atoms with Crippen LogP contribution in [0.15, 0.2) is 11.2 Å². The van der Waals surface area contributed by atoms with E-state index in [9.17, 15) is 12.3 Å². The average Bonchev–Trinajstić information content (AvgIpc) is 2.11. The number of aromatic nitrogens is 3. The van der Waals surface area contributed by atoms with Gasteiger partial charge in [0.05, 0.1) is 6.20 Å². The number of rotatable bonds is 1. The molecule has 0 saturated heterocycles. The lowest BCUT2D eigenvalue weighted by molar-refractivity contribution is 0.547. The molecule has 0 radical (unpaired) electrons. The van der Waals surface area contributed by atoms with E-state index in [1.165, 1.54) is 7.05 Å². The van der Waals surface area contributed by atoms with Crippen LogP contribution in [-0.2, 0) is 17.3 Å². The van der Waals surface area contributed by atoms with Crippen molar-refractivity contribution in [3.63, 3.8) is 0 Å². The van der Waals surface area contributed by atoms with Crippen molar-refractivity contribution in [2.45, 2.75) is 5.03 Å². The van der Waals surface area contributed by atoms with E-state index in [-0.39, 0.29) is 0 Å². The topological polar surface area (TPSA) is 64.8 Å². The fraction of sp³-hybridized carbons (Fsp3) is 0.333. The number of halogens is 1. The lowest BCUT2D eigenvalue weighted by Crippen LogP contribution is -1.91. The molecule has 10 heavy (non-hydrogen) atoms. The molecule has 5 nitrogen and oxygen atoms in total. The van der Waals surface area contributed by atoms with Gasteiger partial charge in [0.2, 0.25) is 5.03 Å². The molecule has 0 fully saturated rings. The third-order valence-electron chi connectivity index (χ3n) is 0.831. The highest BCUT2D eigenvalue weighted by atomic mass is 32.3. The minimum absolute atomic E-state index is 0.657. The number of hydrogen-bond acceptors (Lipinski definition) is 4. The molecule has 0 aliphatic carbocycles. The van der Waals surface area contributed by atoms with Crippen molar-refractivity contribution in [3.05, 3.63) is 6.20 Å². The predicted molar refractivity (Wildman–Crippen MR) is 29.3 cm³/mol. The molecule has 0 bridgehead atoms. The minimum Gasteiger partial charge on any atom is -0.254 e. The Morgan fingerprint density at radius 3 is 2.50 bits per heavy atom. The number of hydrogen-bond donors (Lipinski definition) is 0. The van der Waals surface area contributed by atoms with E-state index in [2.05, 4.69) is 10.3 Å². The molecule has 0 saturated carbocycles. The van der Waals surface area contributed by atoms with Crippen molar-refractivity contribution in [2.24, 2.45) is 7.05 Å². The van der Waals surface area contributed by atoms with Gasteiger partial charge in [0, 0.05) is 7.05 Å². The maximum absolute atomic E-state index is 12.0. The van der Waals surface area contributed by atoms with Gasteiger partial charge in [-0.25, -0.2) is 0 Å². The Balaban J connectivity index is 3.21. The highest BCUT2D eigenvalue weighted by Crippen LogP contribution is 2.04. The van der Waals surface area contributed by atoms with E-state index < -0.39 is 15.2 Å². The second-order valence-electron chi connectivity index (χ2n) is 1.67. The molecule has 0 unspecified atom stereocenters. The van der Waals surface area contributed by atoms with Gasteiger partial charge >= 0.3 is 10.2 Å². The summed E-state index contributed by atoms with van der Waals surface area (Å²) in [4.78, 5) is 0. The van der Waals surface area contributed by atoms with Crippen LogP contribution in [0, 0.1) is 0 Å². The Hall–Kier alpha value is -0.980. The van der Waals surface area contributed by atoms with E-state index in [1.54, 1.807) is 0 Å². The smallest absolute Gasteiger partial charge is 0.254 e. The largest absolute Gasteiger partial charge is 0.353 e. The zero-order chi connectivity index (χ0) is 7.78. The monoisotopic (exact) mass is 165 g/mol. The molecular weight excluding hydrogens is 161 g/mol. The number of nitrogens with zero attached hydrogens (tertiary/aromatic N) is 3. The van der Waals surface area contributed by atoms with Crippen LogP contribution in [0.2, 0.25) is 0 Å². The van der Waals surface area contributed by atoms with E-state index in [4.69, 9.17) is 0 Å². The molecular formula is C3H4FN3O2S. The maximum Gasteiger partial charge on any atom is 0.353 e. The Morgan fingerprint density at radius 2 is 2.30 bits per heavy atom. The SMILES string of the molecule is Cn1cc(S(=O)(=O)F)nn1. The first kappa shape index (κ1) is 7.13. The predicted octanol–water partition coefficient (Wildman–Crippen LogP) is -0.527. The van der Waals surface area contributed by atoms with Crippen molar-refractivity contribution < 1.29 is 12.3 Å². The van der Waals surface area contributed by atoms with Crippen LogP contribution in [0.4, 0.5) is 3.89 Å². The first-order valence-corrected chi connectivity index (χ1v) is 3.69. The van der Waals surface area contributed by atoms with Gasteiger partial charge in [-0.1, -0.05) is 9.10 Å². The van der Waals surface area contributed by atoms with Crippen molar-refractivity contribution in [1.29, 1.82) is 0 Å². The fourth-order valence-corrected chi connectivity index (χ4v) is 0.850. The molecule has 0 spiro atoms. The molecule has 0 aliphatic heterocycles. The van der Waals surface area contributed by atoms with Crippen molar-refractivity contribution in [3.8, 4) is 0 Å². The molecule has 56 valence electrons. The summed E-state index contributed by atoms with van der Waals surface area (Å²) < 4.78 is 33.2. The van der Waals surface area contributed by atoms with E-state index in [0.717, 1.165) is 10.9 Å². The molecule has 0 aliphatic rings. The molecule has 0 amide bonds. The normalized spacial score (nSPS) is 11.8. The van der Waals surface area contributed by atoms with Crippen LogP contribution in [-0.4, -0.2) is 23.4 Å². The molecule has 0 aromatic carbocycles. The van der Waals surface area contributed by atoms with Crippen LogP contribution in [0.1, 0.15) is 0 Å². The van der Waals surface area contributed by atoms with Gasteiger partial charge in [0.1, 0.15) is 0 Å². The van der Waals surface area contributed by atoms with Gasteiger partial charge in [0.15, 0.2) is 0 Å². The molecule has 0 N–H and O–H groups in total. The van der Waals surface area contributed by atoms with E-state index in [1.807, 2.05) is 0 Å². The van der Waals surface area contributed by atoms with Crippen LogP contribution in [0.3, 0.4) is 0 Å². The van der Waals surface area contributed by atoms with Crippen LogP contribution in [0.5, 0.6) is 0 Å². The van der Waals surface area contributed by atoms with Gasteiger partial charge in [-0.3, -0.25) is 4.68 Å². The van der Waals surface area contributed by atoms with Gasteiger partial charge in [-0.05, 0) is 0 Å².